The van der Waals surface area contributed by atoms with Crippen LogP contribution < -0.4 is 4.72 Å². The number of carbonyl (C=O) groups is 1. The Morgan fingerprint density at radius 2 is 1.77 bits per heavy atom. The van der Waals surface area contributed by atoms with Gasteiger partial charge in [0.1, 0.15) is 5.82 Å². The van der Waals surface area contributed by atoms with Gasteiger partial charge in [-0.3, -0.25) is 9.52 Å². The highest BCUT2D eigenvalue weighted by atomic mass is 32.2. The van der Waals surface area contributed by atoms with Crippen molar-refractivity contribution in [2.45, 2.75) is 49.8 Å². The van der Waals surface area contributed by atoms with Crippen LogP contribution in [0.5, 0.6) is 0 Å². The van der Waals surface area contributed by atoms with E-state index in [1.165, 1.54) is 17.7 Å². The first-order valence-corrected chi connectivity index (χ1v) is 13.9. The number of carbonyl (C=O) groups excluding carboxylic acids is 1. The predicted octanol–water partition coefficient (Wildman–Crippen LogP) is 5.26. The Bertz CT molecular complexity index is 1340. The van der Waals surface area contributed by atoms with Gasteiger partial charge in [0.2, 0.25) is 5.91 Å². The van der Waals surface area contributed by atoms with E-state index in [4.69, 9.17) is 0 Å². The lowest BCUT2D eigenvalue weighted by Crippen LogP contribution is -2.44. The first-order chi connectivity index (χ1) is 16.7. The van der Waals surface area contributed by atoms with Crippen molar-refractivity contribution in [3.8, 4) is 0 Å². The van der Waals surface area contributed by atoms with Crippen molar-refractivity contribution >= 4 is 32.5 Å². The molecule has 3 aromatic rings. The number of anilines is 1. The first kappa shape index (κ1) is 23.9. The van der Waals surface area contributed by atoms with Gasteiger partial charge in [-0.15, -0.1) is 0 Å². The van der Waals surface area contributed by atoms with Gasteiger partial charge < -0.3 is 9.47 Å². The molecule has 1 aliphatic carbocycles. The predicted molar refractivity (Wildman–Crippen MR) is 135 cm³/mol. The molecule has 0 bridgehead atoms. The minimum absolute atomic E-state index is 0.0141. The number of fused-ring (bicyclic) bond motifs is 1. The molecule has 2 aromatic carbocycles. The molecular weight excluding hydrogens is 465 g/mol. The molecule has 2 fully saturated rings. The van der Waals surface area contributed by atoms with Crippen LogP contribution in [0.25, 0.3) is 10.9 Å². The van der Waals surface area contributed by atoms with Crippen molar-refractivity contribution in [2.24, 2.45) is 18.9 Å². The molecule has 1 N–H and O–H groups in total. The fraction of sp³-hybridized carbons (Fsp3) is 0.444. The molecule has 0 radical (unpaired) electrons. The topological polar surface area (TPSA) is 71.4 Å². The van der Waals surface area contributed by atoms with Gasteiger partial charge in [-0.25, -0.2) is 12.8 Å². The number of aryl methyl sites for hydroxylation is 1. The van der Waals surface area contributed by atoms with Crippen LogP contribution in [0.4, 0.5) is 10.1 Å². The molecule has 35 heavy (non-hydrogen) atoms. The van der Waals surface area contributed by atoms with Gasteiger partial charge >= 0.3 is 0 Å². The first-order valence-electron chi connectivity index (χ1n) is 12.4. The van der Waals surface area contributed by atoms with E-state index in [2.05, 4.69) is 27.3 Å². The van der Waals surface area contributed by atoms with Gasteiger partial charge in [-0.05, 0) is 79.1 Å². The van der Waals surface area contributed by atoms with Crippen LogP contribution in [-0.4, -0.2) is 36.9 Å². The molecule has 1 amide bonds. The number of sulfonamides is 1. The molecule has 5 rings (SSSR count). The third-order valence-electron chi connectivity index (χ3n) is 7.72. The van der Waals surface area contributed by atoms with Gasteiger partial charge in [0.05, 0.1) is 4.90 Å². The SMILES string of the molecule is C[C@@H]1CN(C(=O)C2CCCC2)CC[C@@H]1c1cn(C)c2ccc(NS(=O)(=O)c3ccc(F)cc3)cc12. The van der Waals surface area contributed by atoms with Crippen LogP contribution >= 0.6 is 0 Å². The molecule has 1 saturated heterocycles. The molecule has 0 spiro atoms. The Hall–Kier alpha value is -2.87. The second-order valence-electron chi connectivity index (χ2n) is 10.1. The van der Waals surface area contributed by atoms with Gasteiger partial charge in [0.15, 0.2) is 0 Å². The Balaban J connectivity index is 1.38. The number of rotatable bonds is 5. The van der Waals surface area contributed by atoms with Crippen LogP contribution in [0.15, 0.2) is 53.6 Å². The molecule has 186 valence electrons. The van der Waals surface area contributed by atoms with Gasteiger partial charge in [0, 0.05) is 48.8 Å². The van der Waals surface area contributed by atoms with Crippen molar-refractivity contribution in [3.63, 3.8) is 0 Å². The van der Waals surface area contributed by atoms with E-state index >= 15 is 0 Å². The fourth-order valence-corrected chi connectivity index (χ4v) is 6.90. The maximum absolute atomic E-state index is 13.2. The monoisotopic (exact) mass is 497 g/mol. The summed E-state index contributed by atoms with van der Waals surface area (Å²) in [6.07, 6.45) is 7.39. The number of amides is 1. The van der Waals surface area contributed by atoms with Crippen LogP contribution in [0.3, 0.4) is 0 Å². The van der Waals surface area contributed by atoms with Crippen LogP contribution in [0.2, 0.25) is 0 Å². The lowest BCUT2D eigenvalue weighted by atomic mass is 9.81. The Labute approximate surface area is 206 Å². The average molecular weight is 498 g/mol. The Morgan fingerprint density at radius 3 is 2.46 bits per heavy atom. The number of hydrogen-bond donors (Lipinski definition) is 1. The zero-order valence-electron chi connectivity index (χ0n) is 20.2. The second-order valence-corrected chi connectivity index (χ2v) is 11.8. The molecular formula is C27H32FN3O3S. The molecule has 2 heterocycles. The van der Waals surface area contributed by atoms with E-state index in [9.17, 15) is 17.6 Å². The van der Waals surface area contributed by atoms with Crippen molar-refractivity contribution in [3.05, 3.63) is 60.0 Å². The molecule has 2 atom stereocenters. The maximum Gasteiger partial charge on any atom is 0.261 e. The third-order valence-corrected chi connectivity index (χ3v) is 9.11. The van der Waals surface area contributed by atoms with Crippen LogP contribution in [-0.2, 0) is 21.9 Å². The maximum atomic E-state index is 13.2. The molecule has 1 aliphatic heterocycles. The number of nitrogens with one attached hydrogen (secondary N) is 1. The number of benzene rings is 2. The summed E-state index contributed by atoms with van der Waals surface area (Å²) < 4.78 is 43.6. The number of halogens is 1. The molecule has 0 unspecified atom stereocenters. The summed E-state index contributed by atoms with van der Waals surface area (Å²) in [6.45, 7) is 3.73. The summed E-state index contributed by atoms with van der Waals surface area (Å²) in [5.74, 6) is 0.634. The van der Waals surface area contributed by atoms with Crippen molar-refractivity contribution in [1.82, 2.24) is 9.47 Å². The average Bonchev–Trinajstić information content (AvgIpc) is 3.47. The summed E-state index contributed by atoms with van der Waals surface area (Å²) in [6, 6.07) is 10.3. The summed E-state index contributed by atoms with van der Waals surface area (Å²) in [5, 5.41) is 1.01. The van der Waals surface area contributed by atoms with Gasteiger partial charge in [0.25, 0.3) is 10.0 Å². The Kier molecular flexibility index (Phi) is 6.34. The van der Waals surface area contributed by atoms with E-state index < -0.39 is 15.8 Å². The van der Waals surface area contributed by atoms with E-state index in [1.807, 2.05) is 19.2 Å². The van der Waals surface area contributed by atoms with E-state index in [-0.39, 0.29) is 16.7 Å². The number of nitrogens with zero attached hydrogens (tertiary/aromatic N) is 2. The summed E-state index contributed by atoms with van der Waals surface area (Å²) >= 11 is 0. The lowest BCUT2D eigenvalue weighted by Gasteiger charge is -2.38. The van der Waals surface area contributed by atoms with E-state index in [0.29, 0.717) is 17.5 Å². The van der Waals surface area contributed by atoms with Crippen LogP contribution in [0.1, 0.15) is 50.5 Å². The zero-order valence-corrected chi connectivity index (χ0v) is 21.0. The smallest absolute Gasteiger partial charge is 0.261 e. The van der Waals surface area contributed by atoms with Crippen molar-refractivity contribution in [2.75, 3.05) is 17.8 Å². The van der Waals surface area contributed by atoms with Gasteiger partial charge in [-0.2, -0.15) is 0 Å². The lowest BCUT2D eigenvalue weighted by molar-refractivity contribution is -0.137. The second kappa shape index (κ2) is 9.30. The standard InChI is InChI=1S/C27H32FN3O3S/c1-18-16-31(27(32)19-5-3-4-6-19)14-13-23(18)25-17-30(2)26-12-9-21(15-24(25)26)29-35(33,34)22-10-7-20(28)8-11-22/h7-12,15,17-19,23,29H,3-6,13-14,16H2,1-2H3/t18-,23+/m1/s1. The minimum Gasteiger partial charge on any atom is -0.350 e. The minimum atomic E-state index is -3.83. The fourth-order valence-electron chi connectivity index (χ4n) is 5.85. The summed E-state index contributed by atoms with van der Waals surface area (Å²) in [4.78, 5) is 15.0. The van der Waals surface area contributed by atoms with E-state index in [1.54, 1.807) is 6.07 Å². The van der Waals surface area contributed by atoms with Crippen molar-refractivity contribution < 1.29 is 17.6 Å². The molecule has 2 aliphatic rings. The highest BCUT2D eigenvalue weighted by Gasteiger charge is 2.34. The highest BCUT2D eigenvalue weighted by Crippen LogP contribution is 2.39. The zero-order chi connectivity index (χ0) is 24.7. The van der Waals surface area contributed by atoms with Crippen LogP contribution in [0, 0.1) is 17.7 Å². The van der Waals surface area contributed by atoms with Gasteiger partial charge in [-0.1, -0.05) is 19.8 Å². The molecule has 1 aromatic heterocycles. The van der Waals surface area contributed by atoms with E-state index in [0.717, 1.165) is 68.2 Å². The molecule has 1 saturated carbocycles. The highest BCUT2D eigenvalue weighted by molar-refractivity contribution is 7.92. The largest absolute Gasteiger partial charge is 0.350 e. The normalized spacial score (nSPS) is 21.5. The quantitative estimate of drug-likeness (QED) is 0.523. The van der Waals surface area contributed by atoms with Crippen molar-refractivity contribution in [1.29, 1.82) is 0 Å². The molecule has 8 heteroatoms. The summed E-state index contributed by atoms with van der Waals surface area (Å²) in [7, 11) is -1.84. The summed E-state index contributed by atoms with van der Waals surface area (Å²) in [5.41, 5.74) is 2.68. The molecule has 6 nitrogen and oxygen atoms in total. The number of aromatic nitrogens is 1. The number of hydrogen-bond acceptors (Lipinski definition) is 3. The number of likely N-dealkylation sites (tertiary alicyclic amines) is 1. The third kappa shape index (κ3) is 4.68. The Morgan fingerprint density at radius 1 is 1.06 bits per heavy atom. The number of piperidine rings is 1.